The summed E-state index contributed by atoms with van der Waals surface area (Å²) < 4.78 is 34.3. The molecule has 0 radical (unpaired) electrons. The first-order valence-corrected chi connectivity index (χ1v) is 14.8. The third-order valence-corrected chi connectivity index (χ3v) is 8.63. The molecule has 0 aliphatic carbocycles. The van der Waals surface area contributed by atoms with Gasteiger partial charge < -0.3 is 10.1 Å². The van der Waals surface area contributed by atoms with Gasteiger partial charge in [-0.3, -0.25) is 4.79 Å². The summed E-state index contributed by atoms with van der Waals surface area (Å²) in [7, 11) is -3.77. The van der Waals surface area contributed by atoms with E-state index in [1.54, 1.807) is 42.6 Å². The lowest BCUT2D eigenvalue weighted by molar-refractivity contribution is -0.140. The van der Waals surface area contributed by atoms with Crippen LogP contribution < -0.4 is 10.0 Å². The number of benzene rings is 2. The van der Waals surface area contributed by atoms with Crippen molar-refractivity contribution in [3.8, 4) is 23.0 Å². The van der Waals surface area contributed by atoms with Crippen molar-refractivity contribution in [1.82, 2.24) is 9.71 Å². The predicted molar refractivity (Wildman–Crippen MR) is 155 cm³/mol. The maximum Gasteiger partial charge on any atom is 0.325 e. The van der Waals surface area contributed by atoms with Gasteiger partial charge in [0.1, 0.15) is 16.6 Å². The molecule has 200 valence electrons. The highest BCUT2D eigenvalue weighted by atomic mass is 32.2. The molecule has 0 saturated heterocycles. The lowest BCUT2D eigenvalue weighted by Gasteiger charge is -2.19. The molecule has 1 atom stereocenters. The van der Waals surface area contributed by atoms with E-state index in [2.05, 4.69) is 26.9 Å². The number of carbonyl (C=O) groups excluding carboxylic acids is 1. The first-order valence-electron chi connectivity index (χ1n) is 12.4. The van der Waals surface area contributed by atoms with E-state index in [-0.39, 0.29) is 17.4 Å². The summed E-state index contributed by atoms with van der Waals surface area (Å²) in [4.78, 5) is 16.4. The van der Waals surface area contributed by atoms with Gasteiger partial charge in [0.05, 0.1) is 18.3 Å². The number of hydrogen-bond donors (Lipinski definition) is 2. The summed E-state index contributed by atoms with van der Waals surface area (Å²) in [5.41, 5.74) is 4.51. The van der Waals surface area contributed by atoms with Crippen LogP contribution in [0.3, 0.4) is 0 Å². The van der Waals surface area contributed by atoms with Crippen LogP contribution in [0.25, 0.3) is 11.1 Å². The van der Waals surface area contributed by atoms with Gasteiger partial charge in [-0.25, -0.2) is 18.1 Å². The fourth-order valence-electron chi connectivity index (χ4n) is 3.98. The Morgan fingerprint density at radius 3 is 2.54 bits per heavy atom. The smallest absolute Gasteiger partial charge is 0.325 e. The van der Waals surface area contributed by atoms with Gasteiger partial charge in [0.15, 0.2) is 0 Å². The van der Waals surface area contributed by atoms with Crippen LogP contribution in [0.5, 0.6) is 0 Å². The molecule has 9 heteroatoms. The number of aromatic nitrogens is 1. The van der Waals surface area contributed by atoms with Crippen molar-refractivity contribution in [2.75, 3.05) is 18.5 Å². The molecule has 7 nitrogen and oxygen atoms in total. The standard InChI is InChI=1S/C30H29N3O4S2/c1-3-8-22-9-5-10-25(19-22)24-16-14-23(15-17-24)20-27(33-39(35,36)30-13-7-18-38-30)26-11-6-12-28(32-26)31-21-29(34)37-4-2/h5-7,9-19,27,33H,4,20-21H2,1-2H3,(H,31,32). The van der Waals surface area contributed by atoms with Gasteiger partial charge in [-0.15, -0.1) is 17.3 Å². The molecule has 0 bridgehead atoms. The van der Waals surface area contributed by atoms with Crippen LogP contribution in [0, 0.1) is 11.8 Å². The van der Waals surface area contributed by atoms with Crippen LogP contribution in [0.4, 0.5) is 5.82 Å². The van der Waals surface area contributed by atoms with E-state index in [0.29, 0.717) is 17.9 Å². The third-order valence-electron chi connectivity index (χ3n) is 5.76. The molecule has 0 spiro atoms. The van der Waals surface area contributed by atoms with Crippen molar-refractivity contribution in [3.05, 3.63) is 101 Å². The van der Waals surface area contributed by atoms with Crippen LogP contribution in [-0.2, 0) is 26.0 Å². The van der Waals surface area contributed by atoms with Crippen LogP contribution in [0.15, 0.2) is 88.5 Å². The highest BCUT2D eigenvalue weighted by molar-refractivity contribution is 7.91. The average molecular weight is 560 g/mol. The summed E-state index contributed by atoms with van der Waals surface area (Å²) in [6, 6.07) is 23.9. The molecule has 0 aliphatic rings. The van der Waals surface area contributed by atoms with Gasteiger partial charge in [-0.2, -0.15) is 0 Å². The number of nitrogens with zero attached hydrogens (tertiary/aromatic N) is 1. The molecule has 2 N–H and O–H groups in total. The second kappa shape index (κ2) is 13.2. The number of rotatable bonds is 11. The summed E-state index contributed by atoms with van der Waals surface area (Å²) in [6.45, 7) is 3.80. The van der Waals surface area contributed by atoms with Crippen molar-refractivity contribution in [1.29, 1.82) is 0 Å². The Labute approximate surface area is 233 Å². The molecule has 2 heterocycles. The predicted octanol–water partition coefficient (Wildman–Crippen LogP) is 5.42. The highest BCUT2D eigenvalue weighted by Gasteiger charge is 2.24. The maximum atomic E-state index is 13.1. The van der Waals surface area contributed by atoms with E-state index in [9.17, 15) is 13.2 Å². The number of thiophene rings is 1. The number of nitrogens with one attached hydrogen (secondary N) is 2. The molecule has 2 aromatic heterocycles. The quantitative estimate of drug-likeness (QED) is 0.188. The lowest BCUT2D eigenvalue weighted by atomic mass is 9.98. The average Bonchev–Trinajstić information content (AvgIpc) is 3.49. The zero-order chi connectivity index (χ0) is 27.7. The number of anilines is 1. The summed E-state index contributed by atoms with van der Waals surface area (Å²) >= 11 is 1.15. The first kappa shape index (κ1) is 28.0. The van der Waals surface area contributed by atoms with Gasteiger partial charge in [0.2, 0.25) is 0 Å². The molecule has 0 fully saturated rings. The third kappa shape index (κ3) is 7.77. The van der Waals surface area contributed by atoms with Crippen LogP contribution >= 0.6 is 11.3 Å². The zero-order valence-corrected chi connectivity index (χ0v) is 23.3. The van der Waals surface area contributed by atoms with E-state index >= 15 is 0 Å². The highest BCUT2D eigenvalue weighted by Crippen LogP contribution is 2.26. The number of esters is 1. The van der Waals surface area contributed by atoms with Crippen molar-refractivity contribution in [2.45, 2.75) is 30.5 Å². The first-order chi connectivity index (χ1) is 18.9. The second-order valence-corrected chi connectivity index (χ2v) is 11.5. The van der Waals surface area contributed by atoms with E-state index in [4.69, 9.17) is 4.74 Å². The largest absolute Gasteiger partial charge is 0.465 e. The minimum absolute atomic E-state index is 0.0393. The van der Waals surface area contributed by atoms with E-state index in [1.807, 2.05) is 55.5 Å². The molecule has 1 unspecified atom stereocenters. The number of pyridine rings is 1. The fraction of sp³-hybridized carbons (Fsp3) is 0.200. The minimum Gasteiger partial charge on any atom is -0.465 e. The Kier molecular flexibility index (Phi) is 9.49. The Balaban J connectivity index is 1.59. The minimum atomic E-state index is -3.77. The Bertz CT molecular complexity index is 1570. The van der Waals surface area contributed by atoms with E-state index in [1.165, 1.54) is 0 Å². The van der Waals surface area contributed by atoms with Gasteiger partial charge in [-0.05, 0) is 72.7 Å². The summed E-state index contributed by atoms with van der Waals surface area (Å²) in [5, 5.41) is 4.67. The molecule has 0 saturated carbocycles. The summed E-state index contributed by atoms with van der Waals surface area (Å²) in [5.74, 6) is 6.06. The molecule has 2 aromatic carbocycles. The monoisotopic (exact) mass is 559 g/mol. The lowest BCUT2D eigenvalue weighted by Crippen LogP contribution is -2.30. The molecule has 0 amide bonds. The number of ether oxygens (including phenoxy) is 1. The molecular formula is C30H29N3O4S2. The Hall–Kier alpha value is -3.97. The van der Waals surface area contributed by atoms with Gasteiger partial charge in [0, 0.05) is 5.56 Å². The number of sulfonamides is 1. The molecule has 4 rings (SSSR count). The van der Waals surface area contributed by atoms with Crippen molar-refractivity contribution >= 4 is 33.1 Å². The normalized spacial score (nSPS) is 11.7. The SMILES string of the molecule is CC#Cc1cccc(-c2ccc(CC(NS(=O)(=O)c3cccs3)c3cccc(NCC(=O)OCC)n3)cc2)c1. The van der Waals surface area contributed by atoms with Gasteiger partial charge >= 0.3 is 5.97 Å². The summed E-state index contributed by atoms with van der Waals surface area (Å²) in [6.07, 6.45) is 0.376. The van der Waals surface area contributed by atoms with Crippen LogP contribution in [0.1, 0.15) is 36.7 Å². The second-order valence-electron chi connectivity index (χ2n) is 8.57. The zero-order valence-electron chi connectivity index (χ0n) is 21.7. The fourth-order valence-corrected chi connectivity index (χ4v) is 6.20. The Morgan fingerprint density at radius 2 is 1.82 bits per heavy atom. The Morgan fingerprint density at radius 1 is 1.03 bits per heavy atom. The van der Waals surface area contributed by atoms with Crippen molar-refractivity contribution < 1.29 is 17.9 Å². The molecule has 0 aliphatic heterocycles. The number of carbonyl (C=O) groups is 1. The molecule has 39 heavy (non-hydrogen) atoms. The van der Waals surface area contributed by atoms with Crippen molar-refractivity contribution in [3.63, 3.8) is 0 Å². The van der Waals surface area contributed by atoms with E-state index in [0.717, 1.165) is 33.6 Å². The maximum absolute atomic E-state index is 13.1. The van der Waals surface area contributed by atoms with Crippen LogP contribution in [-0.4, -0.2) is 32.5 Å². The number of hydrogen-bond acceptors (Lipinski definition) is 7. The van der Waals surface area contributed by atoms with Crippen molar-refractivity contribution in [2.24, 2.45) is 0 Å². The van der Waals surface area contributed by atoms with E-state index < -0.39 is 22.0 Å². The molecule has 4 aromatic rings. The van der Waals surface area contributed by atoms with Gasteiger partial charge in [-0.1, -0.05) is 54.5 Å². The molecular weight excluding hydrogens is 530 g/mol. The van der Waals surface area contributed by atoms with Crippen LogP contribution in [0.2, 0.25) is 0 Å². The van der Waals surface area contributed by atoms with Gasteiger partial charge in [0.25, 0.3) is 10.0 Å². The topological polar surface area (TPSA) is 97.4 Å².